The lowest BCUT2D eigenvalue weighted by Crippen LogP contribution is -1.88. The molecule has 24 heavy (non-hydrogen) atoms. The smallest absolute Gasteiger partial charge is 0.0204 e. The van der Waals surface area contributed by atoms with Crippen LogP contribution in [0.1, 0.15) is 22.3 Å². The molecule has 1 aliphatic carbocycles. The van der Waals surface area contributed by atoms with Gasteiger partial charge in [0.05, 0.1) is 0 Å². The van der Waals surface area contributed by atoms with E-state index in [-0.39, 0.29) is 0 Å². The van der Waals surface area contributed by atoms with Gasteiger partial charge in [-0.3, -0.25) is 0 Å². The first-order valence-electron chi connectivity index (χ1n) is 8.22. The normalized spacial score (nSPS) is 11.6. The van der Waals surface area contributed by atoms with Crippen LogP contribution in [0, 0.1) is 13.8 Å². The van der Waals surface area contributed by atoms with E-state index in [9.17, 15) is 0 Å². The largest absolute Gasteiger partial charge is 0.0795 e. The van der Waals surface area contributed by atoms with Crippen molar-refractivity contribution in [3.63, 3.8) is 0 Å². The Labute approximate surface area is 153 Å². The van der Waals surface area contributed by atoms with Gasteiger partial charge in [0.2, 0.25) is 0 Å². The van der Waals surface area contributed by atoms with Crippen LogP contribution in [0.25, 0.3) is 17.2 Å². The predicted octanol–water partition coefficient (Wildman–Crippen LogP) is 6.99. The van der Waals surface area contributed by atoms with Crippen LogP contribution in [-0.4, -0.2) is 0 Å². The Bertz CT molecular complexity index is 854. The highest BCUT2D eigenvalue weighted by molar-refractivity contribution is 9.10. The molecule has 0 aliphatic heterocycles. The minimum Gasteiger partial charge on any atom is -0.0795 e. The molecule has 0 spiro atoms. The van der Waals surface area contributed by atoms with Crippen molar-refractivity contribution in [2.75, 3.05) is 0 Å². The zero-order valence-corrected chi connectivity index (χ0v) is 15.7. The predicted molar refractivity (Wildman–Crippen MR) is 108 cm³/mol. The SMILES string of the molecule is Cc1ccccc1-c1cccc2c1C=CC2.Cc1ccccc1Br. The fraction of sp³-hybridized carbons (Fsp3) is 0.130. The van der Waals surface area contributed by atoms with Crippen molar-refractivity contribution in [2.45, 2.75) is 20.3 Å². The van der Waals surface area contributed by atoms with E-state index in [4.69, 9.17) is 0 Å². The monoisotopic (exact) mass is 376 g/mol. The lowest BCUT2D eigenvalue weighted by Gasteiger charge is -2.10. The van der Waals surface area contributed by atoms with Crippen LogP contribution in [0.5, 0.6) is 0 Å². The van der Waals surface area contributed by atoms with Crippen LogP contribution in [0.3, 0.4) is 0 Å². The number of aryl methyl sites for hydroxylation is 2. The lowest BCUT2D eigenvalue weighted by atomic mass is 9.94. The van der Waals surface area contributed by atoms with E-state index in [1.165, 1.54) is 37.9 Å². The number of hydrogen-bond acceptors (Lipinski definition) is 0. The average Bonchev–Trinajstić information content (AvgIpc) is 3.07. The molecule has 0 N–H and O–H groups in total. The van der Waals surface area contributed by atoms with Gasteiger partial charge in [-0.2, -0.15) is 0 Å². The number of allylic oxidation sites excluding steroid dienone is 1. The zero-order valence-electron chi connectivity index (χ0n) is 14.1. The molecule has 0 atom stereocenters. The highest BCUT2D eigenvalue weighted by atomic mass is 79.9. The Kier molecular flexibility index (Phi) is 5.32. The minimum atomic E-state index is 1.08. The van der Waals surface area contributed by atoms with Crippen LogP contribution in [0.4, 0.5) is 0 Å². The molecule has 3 aromatic rings. The van der Waals surface area contributed by atoms with Crippen LogP contribution in [0.2, 0.25) is 0 Å². The van der Waals surface area contributed by atoms with E-state index in [1.54, 1.807) is 0 Å². The summed E-state index contributed by atoms with van der Waals surface area (Å²) in [6.45, 7) is 4.25. The van der Waals surface area contributed by atoms with Crippen LogP contribution >= 0.6 is 15.9 Å². The van der Waals surface area contributed by atoms with Gasteiger partial charge < -0.3 is 0 Å². The number of fused-ring (bicyclic) bond motifs is 1. The average molecular weight is 377 g/mol. The molecule has 3 aromatic carbocycles. The van der Waals surface area contributed by atoms with Gasteiger partial charge in [0.25, 0.3) is 0 Å². The Hall–Kier alpha value is -2.12. The quantitative estimate of drug-likeness (QED) is 0.429. The first kappa shape index (κ1) is 16.7. The van der Waals surface area contributed by atoms with Crippen LogP contribution in [0.15, 0.2) is 77.3 Å². The van der Waals surface area contributed by atoms with Crippen molar-refractivity contribution in [1.29, 1.82) is 0 Å². The van der Waals surface area contributed by atoms with Crippen molar-refractivity contribution in [3.05, 3.63) is 99.5 Å². The highest BCUT2D eigenvalue weighted by Crippen LogP contribution is 2.32. The molecule has 0 saturated carbocycles. The maximum absolute atomic E-state index is 3.40. The number of benzene rings is 3. The zero-order chi connectivity index (χ0) is 16.9. The summed E-state index contributed by atoms with van der Waals surface area (Å²) in [5, 5.41) is 0. The second-order valence-electron chi connectivity index (χ2n) is 6.05. The lowest BCUT2D eigenvalue weighted by molar-refractivity contribution is 1.31. The van der Waals surface area contributed by atoms with Crippen molar-refractivity contribution in [3.8, 4) is 11.1 Å². The number of halogens is 1. The molecule has 0 saturated heterocycles. The first-order valence-corrected chi connectivity index (χ1v) is 9.01. The summed E-state index contributed by atoms with van der Waals surface area (Å²) in [6, 6.07) is 23.3. The van der Waals surface area contributed by atoms with Gasteiger partial charge in [-0.15, -0.1) is 0 Å². The Morgan fingerprint density at radius 3 is 2.04 bits per heavy atom. The third-order valence-corrected chi connectivity index (χ3v) is 5.22. The Morgan fingerprint density at radius 2 is 1.38 bits per heavy atom. The summed E-state index contributed by atoms with van der Waals surface area (Å²) in [5.41, 5.74) is 8.19. The molecule has 0 fully saturated rings. The Morgan fingerprint density at radius 1 is 0.708 bits per heavy atom. The van der Waals surface area contributed by atoms with Crippen molar-refractivity contribution in [1.82, 2.24) is 0 Å². The van der Waals surface area contributed by atoms with Gasteiger partial charge in [0.1, 0.15) is 0 Å². The molecule has 1 aliphatic rings. The summed E-state index contributed by atoms with van der Waals surface area (Å²) >= 11 is 3.40. The molecule has 4 rings (SSSR count). The molecular weight excluding hydrogens is 356 g/mol. The van der Waals surface area contributed by atoms with E-state index in [0.717, 1.165) is 6.42 Å². The molecule has 0 heterocycles. The minimum absolute atomic E-state index is 1.08. The van der Waals surface area contributed by atoms with Crippen LogP contribution in [-0.2, 0) is 6.42 Å². The summed E-state index contributed by atoms with van der Waals surface area (Å²) in [5.74, 6) is 0. The van der Waals surface area contributed by atoms with E-state index >= 15 is 0 Å². The second kappa shape index (κ2) is 7.63. The molecule has 0 radical (unpaired) electrons. The van der Waals surface area contributed by atoms with E-state index in [1.807, 2.05) is 18.2 Å². The third-order valence-electron chi connectivity index (χ3n) is 4.33. The highest BCUT2D eigenvalue weighted by Gasteiger charge is 2.11. The van der Waals surface area contributed by atoms with Gasteiger partial charge in [-0.1, -0.05) is 88.7 Å². The summed E-state index contributed by atoms with van der Waals surface area (Å²) < 4.78 is 1.18. The topological polar surface area (TPSA) is 0 Å². The van der Waals surface area contributed by atoms with Gasteiger partial charge in [-0.05, 0) is 59.7 Å². The second-order valence-corrected chi connectivity index (χ2v) is 6.90. The standard InChI is InChI=1S/C16H14.C7H7Br/c1-12-6-2-3-9-14(12)16-11-5-8-13-7-4-10-15(13)16;1-6-4-2-3-5-7(6)8/h2-6,8-11H,7H2,1H3;2-5H,1H3. The van der Waals surface area contributed by atoms with Gasteiger partial charge >= 0.3 is 0 Å². The maximum Gasteiger partial charge on any atom is 0.0204 e. The summed E-state index contributed by atoms with van der Waals surface area (Å²) in [6.07, 6.45) is 5.57. The van der Waals surface area contributed by atoms with E-state index in [2.05, 4.69) is 90.5 Å². The van der Waals surface area contributed by atoms with Gasteiger partial charge in [0, 0.05) is 4.47 Å². The Balaban J connectivity index is 0.000000179. The van der Waals surface area contributed by atoms with Crippen molar-refractivity contribution in [2.24, 2.45) is 0 Å². The third kappa shape index (κ3) is 3.68. The molecule has 120 valence electrons. The van der Waals surface area contributed by atoms with E-state index < -0.39 is 0 Å². The summed E-state index contributed by atoms with van der Waals surface area (Å²) in [4.78, 5) is 0. The van der Waals surface area contributed by atoms with Crippen molar-refractivity contribution < 1.29 is 0 Å². The van der Waals surface area contributed by atoms with Crippen LogP contribution < -0.4 is 0 Å². The molecular formula is C23H21Br. The molecule has 0 aromatic heterocycles. The molecule has 0 nitrogen and oxygen atoms in total. The molecule has 0 unspecified atom stereocenters. The number of hydrogen-bond donors (Lipinski definition) is 0. The molecule has 0 amide bonds. The first-order chi connectivity index (χ1) is 11.7. The maximum atomic E-state index is 3.40. The van der Waals surface area contributed by atoms with Crippen molar-refractivity contribution >= 4 is 22.0 Å². The van der Waals surface area contributed by atoms with Gasteiger partial charge in [0.15, 0.2) is 0 Å². The fourth-order valence-corrected chi connectivity index (χ4v) is 3.24. The van der Waals surface area contributed by atoms with Gasteiger partial charge in [-0.25, -0.2) is 0 Å². The molecule has 0 bridgehead atoms. The number of rotatable bonds is 1. The molecule has 1 heteroatoms. The van der Waals surface area contributed by atoms with E-state index in [0.29, 0.717) is 0 Å². The summed E-state index contributed by atoms with van der Waals surface area (Å²) in [7, 11) is 0. The fourth-order valence-electron chi connectivity index (χ4n) is 2.95.